The van der Waals surface area contributed by atoms with Gasteiger partial charge in [0.15, 0.2) is 0 Å². The third-order valence-electron chi connectivity index (χ3n) is 6.56. The molecular weight excluding hydrogens is 446 g/mol. The van der Waals surface area contributed by atoms with E-state index in [9.17, 15) is 15.0 Å². The maximum atomic E-state index is 11.9. The Morgan fingerprint density at radius 2 is 1.25 bits per heavy atom. The van der Waals surface area contributed by atoms with E-state index in [4.69, 9.17) is 0 Å². The molecule has 5 aromatic rings. The number of fused-ring (bicyclic) bond motifs is 1. The highest BCUT2D eigenvalue weighted by Gasteiger charge is 2.25. The molecule has 0 atom stereocenters. The first kappa shape index (κ1) is 23.1. The minimum atomic E-state index is -1.16. The van der Waals surface area contributed by atoms with Crippen molar-refractivity contribution >= 4 is 29.0 Å². The van der Waals surface area contributed by atoms with E-state index in [1.54, 1.807) is 18.2 Å². The molecule has 0 spiro atoms. The number of carboxylic acids is 1. The molecule has 0 fully saturated rings. The fraction of sp³-hybridized carbons (Fsp3) is 0.0625. The van der Waals surface area contributed by atoms with Gasteiger partial charge in [0.25, 0.3) is 0 Å². The predicted octanol–water partition coefficient (Wildman–Crippen LogP) is 6.42. The zero-order valence-corrected chi connectivity index (χ0v) is 19.9. The Kier molecular flexibility index (Phi) is 6.33. The summed E-state index contributed by atoms with van der Waals surface area (Å²) in [7, 11) is 1.82. The van der Waals surface area contributed by atoms with Crippen LogP contribution in [-0.2, 0) is 7.05 Å². The Morgan fingerprint density at radius 3 is 1.83 bits per heavy atom. The molecule has 36 heavy (non-hydrogen) atoms. The maximum Gasteiger partial charge on any atom is 0.340 e. The first-order valence-corrected chi connectivity index (χ1v) is 11.8. The van der Waals surface area contributed by atoms with Gasteiger partial charge in [-0.15, -0.1) is 0 Å². The SMILES string of the molecule is C[n+]1c(/C=C/c2ccc(C(c3ccccc3)c3ccccc3)cc2)c(O)c(C(=O)O)c2ccccc21. The summed E-state index contributed by atoms with van der Waals surface area (Å²) < 4.78 is 1.81. The molecule has 0 saturated heterocycles. The van der Waals surface area contributed by atoms with E-state index in [-0.39, 0.29) is 17.2 Å². The molecule has 0 unspecified atom stereocenters. The monoisotopic (exact) mass is 472 g/mol. The molecule has 1 aromatic heterocycles. The number of aromatic hydroxyl groups is 1. The van der Waals surface area contributed by atoms with Gasteiger partial charge in [-0.1, -0.05) is 97.1 Å². The van der Waals surface area contributed by atoms with Gasteiger partial charge in [0, 0.05) is 18.1 Å². The van der Waals surface area contributed by atoms with E-state index >= 15 is 0 Å². The second-order valence-electron chi connectivity index (χ2n) is 8.74. The van der Waals surface area contributed by atoms with Gasteiger partial charge in [0.2, 0.25) is 17.0 Å². The fourth-order valence-electron chi connectivity index (χ4n) is 4.77. The van der Waals surface area contributed by atoms with E-state index < -0.39 is 5.97 Å². The van der Waals surface area contributed by atoms with Gasteiger partial charge in [-0.05, 0) is 34.4 Å². The fourth-order valence-corrected chi connectivity index (χ4v) is 4.77. The van der Waals surface area contributed by atoms with Crippen molar-refractivity contribution in [1.29, 1.82) is 0 Å². The van der Waals surface area contributed by atoms with E-state index in [0.717, 1.165) is 11.1 Å². The number of carbonyl (C=O) groups is 1. The highest BCUT2D eigenvalue weighted by atomic mass is 16.4. The molecule has 0 aliphatic heterocycles. The molecule has 4 aromatic carbocycles. The molecule has 0 bridgehead atoms. The van der Waals surface area contributed by atoms with Crippen LogP contribution in [0, 0.1) is 0 Å². The molecule has 1 heterocycles. The van der Waals surface area contributed by atoms with Crippen LogP contribution >= 0.6 is 0 Å². The lowest BCUT2D eigenvalue weighted by molar-refractivity contribution is -0.647. The largest absolute Gasteiger partial charge is 0.502 e. The third kappa shape index (κ3) is 4.37. The minimum Gasteiger partial charge on any atom is -0.502 e. The van der Waals surface area contributed by atoms with E-state index in [0.29, 0.717) is 11.1 Å². The lowest BCUT2D eigenvalue weighted by Gasteiger charge is -2.19. The predicted molar refractivity (Wildman–Crippen MR) is 143 cm³/mol. The first-order chi connectivity index (χ1) is 17.5. The molecule has 0 radical (unpaired) electrons. The van der Waals surface area contributed by atoms with Crippen LogP contribution in [-0.4, -0.2) is 16.2 Å². The Hall–Kier alpha value is -4.70. The van der Waals surface area contributed by atoms with Crippen molar-refractivity contribution < 1.29 is 19.6 Å². The van der Waals surface area contributed by atoms with Crippen LogP contribution in [0.1, 0.15) is 44.2 Å². The number of aryl methyl sites for hydroxylation is 1. The van der Waals surface area contributed by atoms with Crippen molar-refractivity contribution in [3.8, 4) is 5.75 Å². The van der Waals surface area contributed by atoms with Crippen LogP contribution in [0.25, 0.3) is 23.1 Å². The Morgan fingerprint density at radius 1 is 0.722 bits per heavy atom. The van der Waals surface area contributed by atoms with Crippen molar-refractivity contribution in [2.45, 2.75) is 5.92 Å². The maximum absolute atomic E-state index is 11.9. The molecule has 2 N–H and O–H groups in total. The number of hydrogen-bond acceptors (Lipinski definition) is 2. The summed E-state index contributed by atoms with van der Waals surface area (Å²) in [6.07, 6.45) is 3.65. The molecule has 4 nitrogen and oxygen atoms in total. The smallest absolute Gasteiger partial charge is 0.340 e. The number of nitrogens with zero attached hydrogens (tertiary/aromatic N) is 1. The first-order valence-electron chi connectivity index (χ1n) is 11.8. The molecule has 0 aliphatic carbocycles. The van der Waals surface area contributed by atoms with Crippen LogP contribution in [0.2, 0.25) is 0 Å². The van der Waals surface area contributed by atoms with Crippen LogP contribution in [0.3, 0.4) is 0 Å². The zero-order valence-electron chi connectivity index (χ0n) is 19.9. The Balaban J connectivity index is 1.52. The van der Waals surface area contributed by atoms with E-state index in [1.807, 2.05) is 54.1 Å². The Labute approximate surface area is 210 Å². The number of hydrogen-bond donors (Lipinski definition) is 2. The summed E-state index contributed by atoms with van der Waals surface area (Å²) in [5.74, 6) is -1.29. The number of aromatic nitrogens is 1. The average Bonchev–Trinajstić information content (AvgIpc) is 2.91. The molecule has 5 rings (SSSR count). The minimum absolute atomic E-state index is 0.0905. The van der Waals surface area contributed by atoms with Crippen molar-refractivity contribution in [1.82, 2.24) is 0 Å². The number of para-hydroxylation sites is 1. The van der Waals surface area contributed by atoms with Crippen LogP contribution in [0.15, 0.2) is 109 Å². The topological polar surface area (TPSA) is 61.4 Å². The summed E-state index contributed by atoms with van der Waals surface area (Å²) >= 11 is 0. The third-order valence-corrected chi connectivity index (χ3v) is 6.56. The highest BCUT2D eigenvalue weighted by molar-refractivity contribution is 6.05. The van der Waals surface area contributed by atoms with Crippen molar-refractivity contribution in [3.63, 3.8) is 0 Å². The number of carboxylic acid groups (broad SMARTS) is 1. The molecule has 0 aliphatic rings. The second-order valence-corrected chi connectivity index (χ2v) is 8.74. The van der Waals surface area contributed by atoms with Gasteiger partial charge < -0.3 is 10.2 Å². The second kappa shape index (κ2) is 9.88. The standard InChI is InChI=1S/C32H25NO3/c1-33-27-15-9-8-14-26(27)30(32(35)36)31(34)28(33)21-18-22-16-19-25(20-17-22)29(23-10-4-2-5-11-23)24-12-6-3-7-13-24/h2-21,29H,1H3,(H-,34,35,36)/p+1/b21-18+. The summed E-state index contributed by atoms with van der Waals surface area (Å²) in [5, 5.41) is 21.1. The number of pyridine rings is 1. The number of aromatic carboxylic acids is 1. The highest BCUT2D eigenvalue weighted by Crippen LogP contribution is 2.32. The van der Waals surface area contributed by atoms with Gasteiger partial charge in [-0.2, -0.15) is 4.57 Å². The normalized spacial score (nSPS) is 11.4. The van der Waals surface area contributed by atoms with E-state index in [1.165, 1.54) is 16.7 Å². The summed E-state index contributed by atoms with van der Waals surface area (Å²) in [6, 6.07) is 36.4. The summed E-state index contributed by atoms with van der Waals surface area (Å²) in [6.45, 7) is 0. The van der Waals surface area contributed by atoms with Crippen LogP contribution < -0.4 is 4.57 Å². The quantitative estimate of drug-likeness (QED) is 0.221. The van der Waals surface area contributed by atoms with Gasteiger partial charge in [-0.3, -0.25) is 0 Å². The molecule has 0 saturated carbocycles. The zero-order chi connectivity index (χ0) is 25.1. The molecule has 0 amide bonds. The van der Waals surface area contributed by atoms with Gasteiger partial charge in [-0.25, -0.2) is 4.79 Å². The number of rotatable bonds is 6. The molecule has 4 heteroatoms. The molecular formula is C32H26NO3+. The van der Waals surface area contributed by atoms with Crippen molar-refractivity contribution in [2.24, 2.45) is 7.05 Å². The molecule has 176 valence electrons. The summed E-state index contributed by atoms with van der Waals surface area (Å²) in [5.41, 5.74) is 5.65. The van der Waals surface area contributed by atoms with Crippen LogP contribution in [0.5, 0.6) is 5.75 Å². The van der Waals surface area contributed by atoms with E-state index in [2.05, 4.69) is 60.7 Å². The van der Waals surface area contributed by atoms with Crippen molar-refractivity contribution in [2.75, 3.05) is 0 Å². The Bertz CT molecular complexity index is 1520. The van der Waals surface area contributed by atoms with Crippen molar-refractivity contribution in [3.05, 3.63) is 143 Å². The average molecular weight is 473 g/mol. The van der Waals surface area contributed by atoms with Gasteiger partial charge in [0.05, 0.1) is 5.39 Å². The lowest BCUT2D eigenvalue weighted by atomic mass is 9.85. The number of benzene rings is 4. The van der Waals surface area contributed by atoms with Gasteiger partial charge >= 0.3 is 5.97 Å². The summed E-state index contributed by atoms with van der Waals surface area (Å²) in [4.78, 5) is 11.9. The lowest BCUT2D eigenvalue weighted by Crippen LogP contribution is -2.33. The van der Waals surface area contributed by atoms with Crippen LogP contribution in [0.4, 0.5) is 0 Å². The van der Waals surface area contributed by atoms with Gasteiger partial charge in [0.1, 0.15) is 12.6 Å².